The first-order chi connectivity index (χ1) is 9.15. The van der Waals surface area contributed by atoms with Gasteiger partial charge in [0.25, 0.3) is 0 Å². The van der Waals surface area contributed by atoms with E-state index in [1.165, 1.54) is 0 Å². The Morgan fingerprint density at radius 2 is 2.26 bits per heavy atom. The number of nitrogens with zero attached hydrogens (tertiary/aromatic N) is 2. The molecular weight excluding hydrogens is 260 g/mol. The van der Waals surface area contributed by atoms with Gasteiger partial charge in [-0.05, 0) is 30.9 Å². The highest BCUT2D eigenvalue weighted by atomic mass is 32.2. The van der Waals surface area contributed by atoms with E-state index in [1.807, 2.05) is 31.5 Å². The Morgan fingerprint density at radius 1 is 1.47 bits per heavy atom. The first-order valence-corrected chi connectivity index (χ1v) is 7.43. The molecule has 0 N–H and O–H groups in total. The SMILES string of the molecule is COc1ccc2c(c1)C1(CCN=C1SC)C(=O)N2C. The van der Waals surface area contributed by atoms with Crippen molar-refractivity contribution in [3.05, 3.63) is 23.8 Å². The van der Waals surface area contributed by atoms with Gasteiger partial charge in [-0.15, -0.1) is 11.8 Å². The zero-order valence-corrected chi connectivity index (χ0v) is 12.1. The standard InChI is InChI=1S/C14H16N2O2S/c1-16-11-5-4-9(18-2)8-10(11)14(13(16)17)6-7-15-12(14)19-3/h4-5,8H,6-7H2,1-3H3. The lowest BCUT2D eigenvalue weighted by Crippen LogP contribution is -2.42. The Kier molecular flexibility index (Phi) is 2.82. The van der Waals surface area contributed by atoms with E-state index in [0.717, 1.165) is 28.5 Å². The van der Waals surface area contributed by atoms with Crippen molar-refractivity contribution in [2.75, 3.05) is 31.9 Å². The molecule has 5 heteroatoms. The lowest BCUT2D eigenvalue weighted by Gasteiger charge is -2.23. The van der Waals surface area contributed by atoms with Crippen LogP contribution in [0, 0.1) is 0 Å². The van der Waals surface area contributed by atoms with Crippen molar-refractivity contribution in [3.8, 4) is 5.75 Å². The number of anilines is 1. The average Bonchev–Trinajstić information content (AvgIpc) is 2.96. The molecule has 2 aliphatic rings. The van der Waals surface area contributed by atoms with Crippen LogP contribution in [-0.4, -0.2) is 37.9 Å². The predicted octanol–water partition coefficient (Wildman–Crippen LogP) is 2.07. The van der Waals surface area contributed by atoms with Crippen LogP contribution >= 0.6 is 11.8 Å². The summed E-state index contributed by atoms with van der Waals surface area (Å²) in [5.41, 5.74) is 1.43. The van der Waals surface area contributed by atoms with E-state index in [2.05, 4.69) is 4.99 Å². The minimum Gasteiger partial charge on any atom is -0.497 e. The van der Waals surface area contributed by atoms with Crippen molar-refractivity contribution in [1.82, 2.24) is 0 Å². The Labute approximate surface area is 116 Å². The number of methoxy groups -OCH3 is 1. The molecule has 0 radical (unpaired) electrons. The summed E-state index contributed by atoms with van der Waals surface area (Å²) in [5.74, 6) is 0.912. The lowest BCUT2D eigenvalue weighted by atomic mass is 9.81. The van der Waals surface area contributed by atoms with Crippen LogP contribution in [0.5, 0.6) is 5.75 Å². The maximum Gasteiger partial charge on any atom is 0.244 e. The number of ether oxygens (including phenoxy) is 1. The zero-order valence-electron chi connectivity index (χ0n) is 11.3. The smallest absolute Gasteiger partial charge is 0.244 e. The molecule has 2 heterocycles. The molecular formula is C14H16N2O2S. The fourth-order valence-corrected chi connectivity index (χ4v) is 3.91. The number of thioether (sulfide) groups is 1. The summed E-state index contributed by atoms with van der Waals surface area (Å²) >= 11 is 1.57. The number of amides is 1. The van der Waals surface area contributed by atoms with Gasteiger partial charge in [0.15, 0.2) is 0 Å². The van der Waals surface area contributed by atoms with Gasteiger partial charge in [-0.2, -0.15) is 0 Å². The molecule has 0 bridgehead atoms. The second kappa shape index (κ2) is 4.27. The van der Waals surface area contributed by atoms with E-state index in [0.29, 0.717) is 6.54 Å². The van der Waals surface area contributed by atoms with Crippen molar-refractivity contribution in [2.45, 2.75) is 11.8 Å². The molecule has 2 aliphatic heterocycles. The van der Waals surface area contributed by atoms with E-state index in [-0.39, 0.29) is 5.91 Å². The van der Waals surface area contributed by atoms with Crippen LogP contribution in [0.15, 0.2) is 23.2 Å². The van der Waals surface area contributed by atoms with E-state index in [9.17, 15) is 4.79 Å². The predicted molar refractivity (Wildman–Crippen MR) is 78.5 cm³/mol. The maximum absolute atomic E-state index is 12.7. The first-order valence-electron chi connectivity index (χ1n) is 6.20. The molecule has 19 heavy (non-hydrogen) atoms. The second-order valence-electron chi connectivity index (χ2n) is 4.79. The van der Waals surface area contributed by atoms with Crippen LogP contribution in [0.25, 0.3) is 0 Å². The summed E-state index contributed by atoms with van der Waals surface area (Å²) in [6, 6.07) is 5.83. The average molecular weight is 276 g/mol. The topological polar surface area (TPSA) is 41.9 Å². The molecule has 3 rings (SSSR count). The van der Waals surface area contributed by atoms with Crippen molar-refractivity contribution >= 4 is 28.4 Å². The van der Waals surface area contributed by atoms with Crippen molar-refractivity contribution in [2.24, 2.45) is 4.99 Å². The van der Waals surface area contributed by atoms with Crippen LogP contribution in [0.1, 0.15) is 12.0 Å². The third-order valence-electron chi connectivity index (χ3n) is 4.00. The fraction of sp³-hybridized carbons (Fsp3) is 0.429. The first kappa shape index (κ1) is 12.5. The Bertz CT molecular complexity index is 585. The van der Waals surface area contributed by atoms with Crippen molar-refractivity contribution < 1.29 is 9.53 Å². The molecule has 1 spiro atoms. The molecule has 1 unspecified atom stereocenters. The quantitative estimate of drug-likeness (QED) is 0.788. The maximum atomic E-state index is 12.7. The summed E-state index contributed by atoms with van der Waals surface area (Å²) < 4.78 is 5.31. The minimum atomic E-state index is -0.571. The third kappa shape index (κ3) is 1.48. The Morgan fingerprint density at radius 3 is 2.95 bits per heavy atom. The van der Waals surface area contributed by atoms with Gasteiger partial charge in [0, 0.05) is 24.8 Å². The molecule has 100 valence electrons. The summed E-state index contributed by atoms with van der Waals surface area (Å²) in [4.78, 5) is 19.0. The molecule has 0 aromatic heterocycles. The van der Waals surface area contributed by atoms with Crippen molar-refractivity contribution in [1.29, 1.82) is 0 Å². The van der Waals surface area contributed by atoms with Gasteiger partial charge in [0.2, 0.25) is 5.91 Å². The Hall–Kier alpha value is -1.49. The number of benzene rings is 1. The molecule has 0 fully saturated rings. The largest absolute Gasteiger partial charge is 0.497 e. The van der Waals surface area contributed by atoms with Crippen LogP contribution in [0.4, 0.5) is 5.69 Å². The Balaban J connectivity index is 2.24. The van der Waals surface area contributed by atoms with Gasteiger partial charge >= 0.3 is 0 Å². The van der Waals surface area contributed by atoms with Crippen molar-refractivity contribution in [3.63, 3.8) is 0 Å². The highest BCUT2D eigenvalue weighted by Crippen LogP contribution is 2.49. The summed E-state index contributed by atoms with van der Waals surface area (Å²) in [6.07, 6.45) is 2.74. The minimum absolute atomic E-state index is 0.126. The van der Waals surface area contributed by atoms with Gasteiger partial charge in [-0.25, -0.2) is 0 Å². The molecule has 0 saturated heterocycles. The monoisotopic (exact) mass is 276 g/mol. The second-order valence-corrected chi connectivity index (χ2v) is 5.59. The summed E-state index contributed by atoms with van der Waals surface area (Å²) in [5, 5.41) is 0.927. The van der Waals surface area contributed by atoms with E-state index in [4.69, 9.17) is 4.74 Å². The van der Waals surface area contributed by atoms with E-state index in [1.54, 1.807) is 23.8 Å². The van der Waals surface area contributed by atoms with Crippen LogP contribution < -0.4 is 9.64 Å². The molecule has 4 nitrogen and oxygen atoms in total. The van der Waals surface area contributed by atoms with Crippen LogP contribution in [0.3, 0.4) is 0 Å². The number of carbonyl (C=O) groups excluding carboxylic acids is 1. The third-order valence-corrected chi connectivity index (χ3v) is 4.86. The number of hydrogen-bond donors (Lipinski definition) is 0. The number of aliphatic imine (C=N–C) groups is 1. The number of fused-ring (bicyclic) bond motifs is 2. The highest BCUT2D eigenvalue weighted by Gasteiger charge is 2.55. The van der Waals surface area contributed by atoms with Crippen LogP contribution in [-0.2, 0) is 10.2 Å². The molecule has 1 atom stereocenters. The number of carbonyl (C=O) groups is 1. The number of rotatable bonds is 1. The lowest BCUT2D eigenvalue weighted by molar-refractivity contribution is -0.120. The molecule has 0 aliphatic carbocycles. The van der Waals surface area contributed by atoms with E-state index < -0.39 is 5.41 Å². The molecule has 1 aromatic rings. The zero-order chi connectivity index (χ0) is 13.6. The van der Waals surface area contributed by atoms with E-state index >= 15 is 0 Å². The molecule has 1 amide bonds. The summed E-state index contributed by atoms with van der Waals surface area (Å²) in [6.45, 7) is 0.715. The molecule has 0 saturated carbocycles. The normalized spacial score (nSPS) is 24.9. The number of likely N-dealkylation sites (N-methyl/N-ethyl adjacent to an activating group) is 1. The summed E-state index contributed by atoms with van der Waals surface area (Å²) in [7, 11) is 3.48. The fourth-order valence-electron chi connectivity index (χ4n) is 3.04. The van der Waals surface area contributed by atoms with Crippen LogP contribution in [0.2, 0.25) is 0 Å². The number of hydrogen-bond acceptors (Lipinski definition) is 4. The van der Waals surface area contributed by atoms with Gasteiger partial charge in [0.05, 0.1) is 12.2 Å². The highest BCUT2D eigenvalue weighted by molar-refractivity contribution is 8.13. The van der Waals surface area contributed by atoms with Gasteiger partial charge < -0.3 is 9.64 Å². The van der Waals surface area contributed by atoms with Gasteiger partial charge in [0.1, 0.15) is 11.2 Å². The van der Waals surface area contributed by atoms with Gasteiger partial charge in [-0.3, -0.25) is 9.79 Å². The van der Waals surface area contributed by atoms with Gasteiger partial charge in [-0.1, -0.05) is 0 Å². The molecule has 1 aromatic carbocycles.